The molecule has 0 saturated heterocycles. The van der Waals surface area contributed by atoms with Crippen LogP contribution in [-0.4, -0.2) is 24.6 Å². The summed E-state index contributed by atoms with van der Waals surface area (Å²) in [7, 11) is 0. The first-order valence-corrected chi connectivity index (χ1v) is 10.1. The van der Waals surface area contributed by atoms with Gasteiger partial charge in [-0.15, -0.1) is 0 Å². The van der Waals surface area contributed by atoms with E-state index in [0.717, 1.165) is 11.1 Å². The van der Waals surface area contributed by atoms with Gasteiger partial charge in [0.2, 0.25) is 5.91 Å². The van der Waals surface area contributed by atoms with Crippen LogP contribution in [0, 0.1) is 17.1 Å². The van der Waals surface area contributed by atoms with Crippen LogP contribution in [0.25, 0.3) is 0 Å². The fourth-order valence-corrected chi connectivity index (χ4v) is 2.83. The Labute approximate surface area is 190 Å². The SMILES string of the molecule is N#Cc1ccccc1COc1ccc(C=NNC(=O)CCNC(=O)c2ccccc2F)cc1. The van der Waals surface area contributed by atoms with Crippen LogP contribution in [0.1, 0.15) is 33.5 Å². The lowest BCUT2D eigenvalue weighted by Gasteiger charge is -2.07. The second kappa shape index (κ2) is 11.8. The highest BCUT2D eigenvalue weighted by Crippen LogP contribution is 2.15. The standard InChI is InChI=1S/C25H21FN4O3/c26-23-8-4-3-7-22(23)25(32)28-14-13-24(31)30-29-16-18-9-11-21(12-10-18)33-17-20-6-2-1-5-19(20)15-27/h1-12,16H,13-14,17H2,(H,28,32)(H,30,31). The van der Waals surface area contributed by atoms with Crippen molar-refractivity contribution in [3.63, 3.8) is 0 Å². The number of hydrogen-bond donors (Lipinski definition) is 2. The van der Waals surface area contributed by atoms with Crippen LogP contribution in [0.4, 0.5) is 4.39 Å². The first kappa shape index (κ1) is 23.2. The van der Waals surface area contributed by atoms with Gasteiger partial charge in [-0.1, -0.05) is 30.3 Å². The highest BCUT2D eigenvalue weighted by Gasteiger charge is 2.10. The van der Waals surface area contributed by atoms with Gasteiger partial charge in [0, 0.05) is 18.5 Å². The van der Waals surface area contributed by atoms with Crippen molar-refractivity contribution >= 4 is 18.0 Å². The first-order valence-electron chi connectivity index (χ1n) is 10.1. The number of rotatable bonds is 9. The molecule has 0 aliphatic heterocycles. The van der Waals surface area contributed by atoms with Crippen molar-refractivity contribution in [2.24, 2.45) is 5.10 Å². The average molecular weight is 444 g/mol. The van der Waals surface area contributed by atoms with E-state index in [2.05, 4.69) is 21.9 Å². The van der Waals surface area contributed by atoms with Crippen molar-refractivity contribution in [2.75, 3.05) is 6.54 Å². The quantitative estimate of drug-likeness (QED) is 0.389. The van der Waals surface area contributed by atoms with Gasteiger partial charge in [0.15, 0.2) is 0 Å². The number of nitrogens with zero attached hydrogens (tertiary/aromatic N) is 2. The van der Waals surface area contributed by atoms with Crippen molar-refractivity contribution in [1.29, 1.82) is 5.26 Å². The van der Waals surface area contributed by atoms with Gasteiger partial charge >= 0.3 is 0 Å². The Kier molecular flexibility index (Phi) is 8.26. The van der Waals surface area contributed by atoms with Crippen LogP contribution in [-0.2, 0) is 11.4 Å². The van der Waals surface area contributed by atoms with Crippen LogP contribution >= 0.6 is 0 Å². The fraction of sp³-hybridized carbons (Fsp3) is 0.120. The van der Waals surface area contributed by atoms with E-state index < -0.39 is 17.6 Å². The molecule has 0 unspecified atom stereocenters. The summed E-state index contributed by atoms with van der Waals surface area (Å²) in [5, 5.41) is 15.5. The molecule has 3 aromatic carbocycles. The summed E-state index contributed by atoms with van der Waals surface area (Å²) < 4.78 is 19.3. The molecule has 0 saturated carbocycles. The number of hydrogen-bond acceptors (Lipinski definition) is 5. The third kappa shape index (κ3) is 7.01. The summed E-state index contributed by atoms with van der Waals surface area (Å²) in [6, 6.07) is 22.1. The summed E-state index contributed by atoms with van der Waals surface area (Å²) in [4.78, 5) is 23.7. The number of benzene rings is 3. The predicted octanol–water partition coefficient (Wildman–Crippen LogP) is 3.55. The highest BCUT2D eigenvalue weighted by atomic mass is 19.1. The molecule has 0 atom stereocenters. The lowest BCUT2D eigenvalue weighted by atomic mass is 10.1. The molecule has 0 fully saturated rings. The summed E-state index contributed by atoms with van der Waals surface area (Å²) in [5.74, 6) is -0.957. The highest BCUT2D eigenvalue weighted by molar-refractivity contribution is 5.94. The van der Waals surface area contributed by atoms with Crippen molar-refractivity contribution in [1.82, 2.24) is 10.7 Å². The Morgan fingerprint density at radius 3 is 2.52 bits per heavy atom. The molecule has 0 bridgehead atoms. The summed E-state index contributed by atoms with van der Waals surface area (Å²) in [6.45, 7) is 0.330. The minimum Gasteiger partial charge on any atom is -0.489 e. The molecule has 0 aliphatic rings. The number of ether oxygens (including phenoxy) is 1. The number of nitriles is 1. The summed E-state index contributed by atoms with van der Waals surface area (Å²) in [5.41, 5.74) is 4.42. The van der Waals surface area contributed by atoms with Gasteiger partial charge in [-0.05, 0) is 48.0 Å². The molecule has 2 amide bonds. The third-order valence-corrected chi connectivity index (χ3v) is 4.57. The van der Waals surface area contributed by atoms with E-state index in [1.54, 1.807) is 42.5 Å². The second-order valence-corrected chi connectivity index (χ2v) is 6.91. The van der Waals surface area contributed by atoms with E-state index in [9.17, 15) is 14.0 Å². The average Bonchev–Trinajstić information content (AvgIpc) is 2.84. The Morgan fingerprint density at radius 1 is 1.03 bits per heavy atom. The maximum absolute atomic E-state index is 13.6. The molecule has 3 aromatic rings. The Balaban J connectivity index is 1.40. The zero-order chi connectivity index (χ0) is 23.5. The largest absolute Gasteiger partial charge is 0.489 e. The van der Waals surface area contributed by atoms with Gasteiger partial charge in [0.1, 0.15) is 18.2 Å². The number of amides is 2. The molecule has 7 nitrogen and oxygen atoms in total. The fourth-order valence-electron chi connectivity index (χ4n) is 2.83. The zero-order valence-electron chi connectivity index (χ0n) is 17.6. The Hall–Kier alpha value is -4.51. The maximum atomic E-state index is 13.6. The van der Waals surface area contributed by atoms with Crippen molar-refractivity contribution in [3.8, 4) is 11.8 Å². The smallest absolute Gasteiger partial charge is 0.254 e. The minimum absolute atomic E-state index is 0.00547. The van der Waals surface area contributed by atoms with Crippen molar-refractivity contribution < 1.29 is 18.7 Å². The van der Waals surface area contributed by atoms with E-state index in [0.29, 0.717) is 11.3 Å². The van der Waals surface area contributed by atoms with Crippen LogP contribution in [0.3, 0.4) is 0 Å². The Morgan fingerprint density at radius 2 is 1.76 bits per heavy atom. The summed E-state index contributed by atoms with van der Waals surface area (Å²) in [6.07, 6.45) is 1.47. The molecule has 0 spiro atoms. The van der Waals surface area contributed by atoms with Gasteiger partial charge in [-0.3, -0.25) is 9.59 Å². The molecule has 8 heteroatoms. The number of carbonyl (C=O) groups excluding carboxylic acids is 2. The van der Waals surface area contributed by atoms with Gasteiger partial charge in [-0.25, -0.2) is 9.82 Å². The number of hydrazone groups is 1. The predicted molar refractivity (Wildman–Crippen MR) is 121 cm³/mol. The van der Waals surface area contributed by atoms with Crippen LogP contribution < -0.4 is 15.5 Å². The molecular formula is C25H21FN4O3. The molecular weight excluding hydrogens is 423 g/mol. The van der Waals surface area contributed by atoms with Crippen molar-refractivity contribution in [3.05, 3.63) is 101 Å². The van der Waals surface area contributed by atoms with Gasteiger partial charge in [0.25, 0.3) is 5.91 Å². The number of carbonyl (C=O) groups is 2. The molecule has 33 heavy (non-hydrogen) atoms. The van der Waals surface area contributed by atoms with E-state index in [4.69, 9.17) is 10.00 Å². The molecule has 166 valence electrons. The molecule has 0 aliphatic carbocycles. The van der Waals surface area contributed by atoms with Crippen molar-refractivity contribution in [2.45, 2.75) is 13.0 Å². The van der Waals surface area contributed by atoms with Gasteiger partial charge in [0.05, 0.1) is 23.4 Å². The maximum Gasteiger partial charge on any atom is 0.254 e. The van der Waals surface area contributed by atoms with E-state index in [1.807, 2.05) is 12.1 Å². The van der Waals surface area contributed by atoms with E-state index >= 15 is 0 Å². The topological polar surface area (TPSA) is 104 Å². The van der Waals surface area contributed by atoms with E-state index in [-0.39, 0.29) is 25.1 Å². The third-order valence-electron chi connectivity index (χ3n) is 4.57. The molecule has 3 rings (SSSR count). The zero-order valence-corrected chi connectivity index (χ0v) is 17.6. The van der Waals surface area contributed by atoms with Gasteiger partial charge in [-0.2, -0.15) is 10.4 Å². The van der Waals surface area contributed by atoms with Crippen LogP contribution in [0.2, 0.25) is 0 Å². The number of halogens is 1. The van der Waals surface area contributed by atoms with Crippen LogP contribution in [0.15, 0.2) is 77.9 Å². The first-order chi connectivity index (χ1) is 16.1. The second-order valence-electron chi connectivity index (χ2n) is 6.91. The minimum atomic E-state index is -0.618. The number of nitrogens with one attached hydrogen (secondary N) is 2. The molecule has 0 heterocycles. The molecule has 2 N–H and O–H groups in total. The van der Waals surface area contributed by atoms with Gasteiger partial charge < -0.3 is 10.1 Å². The monoisotopic (exact) mass is 444 g/mol. The molecule has 0 radical (unpaired) electrons. The summed E-state index contributed by atoms with van der Waals surface area (Å²) >= 11 is 0. The lowest BCUT2D eigenvalue weighted by Crippen LogP contribution is -2.29. The lowest BCUT2D eigenvalue weighted by molar-refractivity contribution is -0.120. The normalized spacial score (nSPS) is 10.4. The van der Waals surface area contributed by atoms with E-state index in [1.165, 1.54) is 24.4 Å². The Bertz CT molecular complexity index is 1190. The molecule has 0 aromatic heterocycles. The van der Waals surface area contributed by atoms with Crippen LogP contribution in [0.5, 0.6) is 5.75 Å².